The Labute approximate surface area is 156 Å². The number of nitrogens with one attached hydrogen (secondary N) is 1. The van der Waals surface area contributed by atoms with E-state index < -0.39 is 0 Å². The molecule has 0 aliphatic rings. The highest BCUT2D eigenvalue weighted by molar-refractivity contribution is 5.85. The Morgan fingerprint density at radius 3 is 1.81 bits per heavy atom. The van der Waals surface area contributed by atoms with Gasteiger partial charge >= 0.3 is 0 Å². The lowest BCUT2D eigenvalue weighted by molar-refractivity contribution is 0.693. The van der Waals surface area contributed by atoms with Crippen LogP contribution in [0.4, 0.5) is 0 Å². The van der Waals surface area contributed by atoms with Crippen molar-refractivity contribution in [1.29, 1.82) is 0 Å². The van der Waals surface area contributed by atoms with Gasteiger partial charge in [0, 0.05) is 12.5 Å². The molecule has 132 valence electrons. The summed E-state index contributed by atoms with van der Waals surface area (Å²) in [4.78, 5) is 5.01. The Morgan fingerprint density at radius 1 is 0.731 bits per heavy atom. The third-order valence-electron chi connectivity index (χ3n) is 4.53. The summed E-state index contributed by atoms with van der Waals surface area (Å²) < 4.78 is 0. The Kier molecular flexibility index (Phi) is 6.21. The molecule has 0 aliphatic heterocycles. The van der Waals surface area contributed by atoms with Crippen molar-refractivity contribution < 1.29 is 0 Å². The molecule has 2 heteroatoms. The van der Waals surface area contributed by atoms with Crippen LogP contribution in [0.3, 0.4) is 0 Å². The molecule has 2 nitrogen and oxygen atoms in total. The Bertz CT molecular complexity index is 811. The minimum Gasteiger partial charge on any atom is -0.367 e. The monoisotopic (exact) mass is 342 g/mol. The lowest BCUT2D eigenvalue weighted by Gasteiger charge is -2.19. The second-order valence-corrected chi connectivity index (χ2v) is 6.60. The number of nitrogens with zero attached hydrogens (tertiary/aromatic N) is 1. The fraction of sp³-hybridized carbons (Fsp3) is 0.208. The lowest BCUT2D eigenvalue weighted by Crippen LogP contribution is -2.29. The van der Waals surface area contributed by atoms with E-state index in [9.17, 15) is 0 Å². The highest BCUT2D eigenvalue weighted by atomic mass is 15.0. The quantitative estimate of drug-likeness (QED) is 0.448. The molecular formula is C24H26N2. The lowest BCUT2D eigenvalue weighted by atomic mass is 10.1. The van der Waals surface area contributed by atoms with E-state index in [1.54, 1.807) is 0 Å². The molecule has 3 rings (SSSR count). The Balaban J connectivity index is 1.82. The van der Waals surface area contributed by atoms with Crippen LogP contribution in [-0.4, -0.2) is 5.84 Å². The van der Waals surface area contributed by atoms with Gasteiger partial charge in [-0.3, -0.25) is 4.99 Å². The number of hydrogen-bond donors (Lipinski definition) is 1. The molecule has 2 unspecified atom stereocenters. The van der Waals surface area contributed by atoms with Crippen LogP contribution in [0.15, 0.2) is 96.0 Å². The van der Waals surface area contributed by atoms with E-state index in [2.05, 4.69) is 92.0 Å². The maximum atomic E-state index is 5.01. The van der Waals surface area contributed by atoms with E-state index in [1.165, 1.54) is 16.7 Å². The zero-order valence-corrected chi connectivity index (χ0v) is 15.5. The topological polar surface area (TPSA) is 24.4 Å². The highest BCUT2D eigenvalue weighted by Crippen LogP contribution is 2.18. The van der Waals surface area contributed by atoms with Gasteiger partial charge in [0.1, 0.15) is 5.84 Å². The van der Waals surface area contributed by atoms with E-state index in [-0.39, 0.29) is 12.1 Å². The van der Waals surface area contributed by atoms with E-state index in [0.717, 1.165) is 12.3 Å². The summed E-state index contributed by atoms with van der Waals surface area (Å²) in [6, 6.07) is 31.8. The minimum absolute atomic E-state index is 0.116. The van der Waals surface area contributed by atoms with Crippen molar-refractivity contribution in [3.63, 3.8) is 0 Å². The Hall–Kier alpha value is -2.87. The average molecular weight is 342 g/mol. The van der Waals surface area contributed by atoms with Gasteiger partial charge in [-0.2, -0.15) is 0 Å². The second kappa shape index (κ2) is 9.00. The number of aliphatic imine (C=N–C) groups is 1. The van der Waals surface area contributed by atoms with Gasteiger partial charge in [0.15, 0.2) is 0 Å². The SMILES string of the molecule is CC(/N=C(\Cc1ccccc1)NC(C)c1ccccc1)c1ccccc1. The van der Waals surface area contributed by atoms with Gasteiger partial charge in [-0.05, 0) is 30.5 Å². The van der Waals surface area contributed by atoms with Crippen LogP contribution < -0.4 is 5.32 Å². The van der Waals surface area contributed by atoms with Gasteiger partial charge in [-0.15, -0.1) is 0 Å². The molecule has 3 aromatic carbocycles. The molecule has 0 saturated carbocycles. The summed E-state index contributed by atoms with van der Waals surface area (Å²) in [5.74, 6) is 1.02. The van der Waals surface area contributed by atoms with Gasteiger partial charge in [-0.25, -0.2) is 0 Å². The molecule has 26 heavy (non-hydrogen) atoms. The summed E-state index contributed by atoms with van der Waals surface area (Å²) in [6.07, 6.45) is 0.801. The van der Waals surface area contributed by atoms with Crippen LogP contribution in [0.25, 0.3) is 0 Å². The maximum absolute atomic E-state index is 5.01. The zero-order chi connectivity index (χ0) is 18.2. The first-order valence-corrected chi connectivity index (χ1v) is 9.19. The summed E-state index contributed by atoms with van der Waals surface area (Å²) in [5.41, 5.74) is 3.76. The van der Waals surface area contributed by atoms with Crippen LogP contribution in [0.2, 0.25) is 0 Å². The molecule has 0 aliphatic carbocycles. The first kappa shape index (κ1) is 17.9. The summed E-state index contributed by atoms with van der Waals surface area (Å²) in [5, 5.41) is 3.63. The van der Waals surface area contributed by atoms with Crippen molar-refractivity contribution in [2.24, 2.45) is 4.99 Å². The van der Waals surface area contributed by atoms with Crippen molar-refractivity contribution in [3.05, 3.63) is 108 Å². The van der Waals surface area contributed by atoms with Crippen molar-refractivity contribution in [1.82, 2.24) is 5.32 Å². The molecule has 0 aromatic heterocycles. The molecular weight excluding hydrogens is 316 g/mol. The van der Waals surface area contributed by atoms with Gasteiger partial charge in [0.25, 0.3) is 0 Å². The van der Waals surface area contributed by atoms with E-state index in [1.807, 2.05) is 18.2 Å². The van der Waals surface area contributed by atoms with Crippen molar-refractivity contribution in [3.8, 4) is 0 Å². The molecule has 0 amide bonds. The van der Waals surface area contributed by atoms with Crippen LogP contribution >= 0.6 is 0 Å². The largest absolute Gasteiger partial charge is 0.367 e. The molecule has 0 radical (unpaired) electrons. The van der Waals surface area contributed by atoms with Crippen molar-refractivity contribution in [2.75, 3.05) is 0 Å². The molecule has 0 heterocycles. The van der Waals surface area contributed by atoms with Gasteiger partial charge in [0.05, 0.1) is 6.04 Å². The van der Waals surface area contributed by atoms with Crippen LogP contribution in [0, 0.1) is 0 Å². The van der Waals surface area contributed by atoms with Crippen LogP contribution in [0.5, 0.6) is 0 Å². The average Bonchev–Trinajstić information content (AvgIpc) is 2.70. The smallest absolute Gasteiger partial charge is 0.102 e. The molecule has 2 atom stereocenters. The normalized spacial score (nSPS) is 13.8. The van der Waals surface area contributed by atoms with Crippen LogP contribution in [0.1, 0.15) is 42.6 Å². The molecule has 1 N–H and O–H groups in total. The van der Waals surface area contributed by atoms with Gasteiger partial charge < -0.3 is 5.32 Å². The molecule has 0 bridgehead atoms. The zero-order valence-electron chi connectivity index (χ0n) is 15.5. The fourth-order valence-electron chi connectivity index (χ4n) is 3.04. The summed E-state index contributed by atoms with van der Waals surface area (Å²) in [6.45, 7) is 4.33. The first-order chi connectivity index (χ1) is 12.7. The molecule has 3 aromatic rings. The third kappa shape index (κ3) is 5.06. The maximum Gasteiger partial charge on any atom is 0.102 e. The van der Waals surface area contributed by atoms with E-state index >= 15 is 0 Å². The number of amidine groups is 1. The minimum atomic E-state index is 0.116. The summed E-state index contributed by atoms with van der Waals surface area (Å²) >= 11 is 0. The molecule has 0 fully saturated rings. The van der Waals surface area contributed by atoms with Crippen molar-refractivity contribution in [2.45, 2.75) is 32.4 Å². The summed E-state index contributed by atoms with van der Waals surface area (Å²) in [7, 11) is 0. The standard InChI is InChI=1S/C24H26N2/c1-19(22-14-8-4-9-15-22)25-24(18-21-12-6-3-7-13-21)26-20(2)23-16-10-5-11-17-23/h3-17,19-20H,18H2,1-2H3,(H,25,26). The van der Waals surface area contributed by atoms with Gasteiger partial charge in [0.2, 0.25) is 0 Å². The van der Waals surface area contributed by atoms with Gasteiger partial charge in [-0.1, -0.05) is 91.0 Å². The molecule has 0 spiro atoms. The van der Waals surface area contributed by atoms with E-state index in [4.69, 9.17) is 4.99 Å². The number of hydrogen-bond acceptors (Lipinski definition) is 1. The van der Waals surface area contributed by atoms with Crippen LogP contribution in [-0.2, 0) is 6.42 Å². The predicted molar refractivity (Wildman–Crippen MR) is 110 cm³/mol. The fourth-order valence-corrected chi connectivity index (χ4v) is 3.04. The predicted octanol–water partition coefficient (Wildman–Crippen LogP) is 5.74. The number of benzene rings is 3. The van der Waals surface area contributed by atoms with E-state index in [0.29, 0.717) is 0 Å². The van der Waals surface area contributed by atoms with Crippen molar-refractivity contribution >= 4 is 5.84 Å². The Morgan fingerprint density at radius 2 is 1.23 bits per heavy atom. The third-order valence-corrected chi connectivity index (χ3v) is 4.53. The first-order valence-electron chi connectivity index (χ1n) is 9.19. The number of rotatable bonds is 6. The molecule has 0 saturated heterocycles. The second-order valence-electron chi connectivity index (χ2n) is 6.60. The highest BCUT2D eigenvalue weighted by Gasteiger charge is 2.11.